The number of nitrogens with one attached hydrogen (secondary N) is 1. The third-order valence-electron chi connectivity index (χ3n) is 2.22. The standard InChI is InChI=1S/C11H8N4O4/c1-2-5-13-11-7(6-12)10(14-19-11)8-3-4-9(18-8)15(16)17/h2-4,13H,1,5H2. The second-order valence-electron chi connectivity index (χ2n) is 3.41. The lowest BCUT2D eigenvalue weighted by Crippen LogP contribution is -1.97. The van der Waals surface area contributed by atoms with Gasteiger partial charge in [0.25, 0.3) is 0 Å². The maximum absolute atomic E-state index is 10.5. The minimum Gasteiger partial charge on any atom is -0.399 e. The lowest BCUT2D eigenvalue weighted by molar-refractivity contribution is -0.401. The predicted molar refractivity (Wildman–Crippen MR) is 64.3 cm³/mol. The summed E-state index contributed by atoms with van der Waals surface area (Å²) in [6, 6.07) is 4.44. The van der Waals surface area contributed by atoms with Gasteiger partial charge in [-0.15, -0.1) is 6.58 Å². The zero-order chi connectivity index (χ0) is 13.8. The number of anilines is 1. The van der Waals surface area contributed by atoms with E-state index in [1.165, 1.54) is 12.1 Å². The molecule has 0 atom stereocenters. The van der Waals surface area contributed by atoms with E-state index >= 15 is 0 Å². The largest absolute Gasteiger partial charge is 0.433 e. The fourth-order valence-corrected chi connectivity index (χ4v) is 1.40. The number of aromatic nitrogens is 1. The van der Waals surface area contributed by atoms with E-state index in [9.17, 15) is 10.1 Å². The zero-order valence-electron chi connectivity index (χ0n) is 9.62. The van der Waals surface area contributed by atoms with Crippen LogP contribution in [0.25, 0.3) is 11.5 Å². The zero-order valence-corrected chi connectivity index (χ0v) is 9.62. The van der Waals surface area contributed by atoms with E-state index in [1.807, 2.05) is 6.07 Å². The van der Waals surface area contributed by atoms with Gasteiger partial charge in [-0.3, -0.25) is 10.1 Å². The molecule has 0 bridgehead atoms. The smallest absolute Gasteiger partial charge is 0.399 e. The molecule has 1 N–H and O–H groups in total. The van der Waals surface area contributed by atoms with Crippen molar-refractivity contribution >= 4 is 11.8 Å². The molecule has 0 aliphatic rings. The summed E-state index contributed by atoms with van der Waals surface area (Å²) in [5.41, 5.74) is 0.230. The lowest BCUT2D eigenvalue weighted by Gasteiger charge is -1.95. The van der Waals surface area contributed by atoms with Gasteiger partial charge in [-0.05, 0) is 6.07 Å². The van der Waals surface area contributed by atoms with Crippen LogP contribution in [0.4, 0.5) is 11.8 Å². The molecule has 0 fully saturated rings. The molecule has 19 heavy (non-hydrogen) atoms. The number of furan rings is 1. The highest BCUT2D eigenvalue weighted by Gasteiger charge is 2.22. The molecule has 2 heterocycles. The molecule has 0 spiro atoms. The Morgan fingerprint density at radius 2 is 2.42 bits per heavy atom. The molecule has 0 saturated carbocycles. The number of nitriles is 1. The van der Waals surface area contributed by atoms with Crippen LogP contribution >= 0.6 is 0 Å². The van der Waals surface area contributed by atoms with Gasteiger partial charge in [0.05, 0.1) is 6.07 Å². The van der Waals surface area contributed by atoms with Crippen LogP contribution in [0.2, 0.25) is 0 Å². The molecule has 0 saturated heterocycles. The highest BCUT2D eigenvalue weighted by atomic mass is 16.6. The summed E-state index contributed by atoms with van der Waals surface area (Å²) in [6.45, 7) is 3.91. The van der Waals surface area contributed by atoms with Crippen molar-refractivity contribution in [1.82, 2.24) is 5.16 Å². The Balaban J connectivity index is 2.39. The number of nitrogens with zero attached hydrogens (tertiary/aromatic N) is 3. The molecule has 0 amide bonds. The maximum atomic E-state index is 10.5. The van der Waals surface area contributed by atoms with Crippen molar-refractivity contribution in [2.24, 2.45) is 0 Å². The number of rotatable bonds is 5. The fraction of sp³-hybridized carbons (Fsp3) is 0.0909. The van der Waals surface area contributed by atoms with Gasteiger partial charge in [-0.25, -0.2) is 0 Å². The molecule has 8 heteroatoms. The molecule has 8 nitrogen and oxygen atoms in total. The van der Waals surface area contributed by atoms with E-state index < -0.39 is 10.8 Å². The summed E-state index contributed by atoms with van der Waals surface area (Å²) in [6.07, 6.45) is 1.58. The molecule has 0 aromatic carbocycles. The number of hydrogen-bond donors (Lipinski definition) is 1. The summed E-state index contributed by atoms with van der Waals surface area (Å²) in [5.74, 6) is -0.169. The Morgan fingerprint density at radius 3 is 3.00 bits per heavy atom. The number of hydrogen-bond acceptors (Lipinski definition) is 7. The maximum Gasteiger partial charge on any atom is 0.433 e. The average molecular weight is 260 g/mol. The summed E-state index contributed by atoms with van der Waals surface area (Å²) in [7, 11) is 0. The van der Waals surface area contributed by atoms with Gasteiger partial charge in [0.1, 0.15) is 16.6 Å². The van der Waals surface area contributed by atoms with E-state index in [0.29, 0.717) is 6.54 Å². The number of nitro groups is 1. The fourth-order valence-electron chi connectivity index (χ4n) is 1.40. The summed E-state index contributed by atoms with van der Waals surface area (Å²) >= 11 is 0. The molecule has 2 rings (SSSR count). The highest BCUT2D eigenvalue weighted by molar-refractivity contribution is 5.69. The van der Waals surface area contributed by atoms with Gasteiger partial charge in [-0.1, -0.05) is 11.2 Å². The van der Waals surface area contributed by atoms with Crippen LogP contribution in [0, 0.1) is 21.4 Å². The Hall–Kier alpha value is -3.08. The molecule has 0 radical (unpaired) electrons. The minimum absolute atomic E-state index is 0.0960. The van der Waals surface area contributed by atoms with Crippen LogP contribution in [-0.2, 0) is 0 Å². The van der Waals surface area contributed by atoms with Crippen molar-refractivity contribution in [2.75, 3.05) is 11.9 Å². The molecule has 0 aliphatic carbocycles. The van der Waals surface area contributed by atoms with Crippen molar-refractivity contribution in [3.63, 3.8) is 0 Å². The van der Waals surface area contributed by atoms with Crippen LogP contribution in [-0.4, -0.2) is 16.6 Å². The first kappa shape index (κ1) is 12.4. The third kappa shape index (κ3) is 2.30. The summed E-state index contributed by atoms with van der Waals surface area (Å²) in [4.78, 5) is 9.85. The van der Waals surface area contributed by atoms with Crippen LogP contribution in [0.1, 0.15) is 5.56 Å². The highest BCUT2D eigenvalue weighted by Crippen LogP contribution is 2.31. The molecule has 2 aromatic heterocycles. The van der Waals surface area contributed by atoms with Crippen LogP contribution < -0.4 is 5.32 Å². The van der Waals surface area contributed by atoms with E-state index in [2.05, 4.69) is 17.1 Å². The minimum atomic E-state index is -0.674. The molecular weight excluding hydrogens is 252 g/mol. The van der Waals surface area contributed by atoms with Crippen LogP contribution in [0.5, 0.6) is 0 Å². The first-order valence-electron chi connectivity index (χ1n) is 5.16. The Bertz CT molecular complexity index is 665. The van der Waals surface area contributed by atoms with Gasteiger partial charge in [-0.2, -0.15) is 5.26 Å². The van der Waals surface area contributed by atoms with Crippen molar-refractivity contribution < 1.29 is 13.9 Å². The molecule has 2 aromatic rings. The Kier molecular flexibility index (Phi) is 3.29. The van der Waals surface area contributed by atoms with Gasteiger partial charge >= 0.3 is 5.88 Å². The van der Waals surface area contributed by atoms with Gasteiger partial charge < -0.3 is 14.3 Å². The molecule has 0 aliphatic heterocycles. The second-order valence-corrected chi connectivity index (χ2v) is 3.41. The normalized spacial score (nSPS) is 9.84. The van der Waals surface area contributed by atoms with Crippen LogP contribution in [0.3, 0.4) is 0 Å². The van der Waals surface area contributed by atoms with Gasteiger partial charge in [0.2, 0.25) is 5.88 Å². The Labute approximate surface area is 107 Å². The SMILES string of the molecule is C=CCNc1onc(-c2ccc([N+](=O)[O-])o2)c1C#N. The van der Waals surface area contributed by atoms with E-state index in [1.54, 1.807) is 6.08 Å². The lowest BCUT2D eigenvalue weighted by atomic mass is 10.2. The quantitative estimate of drug-likeness (QED) is 0.497. The molecule has 0 unspecified atom stereocenters. The first-order chi connectivity index (χ1) is 9.17. The summed E-state index contributed by atoms with van der Waals surface area (Å²) in [5, 5.41) is 26.1. The van der Waals surface area contributed by atoms with Gasteiger partial charge in [0.15, 0.2) is 11.5 Å². The topological polar surface area (TPSA) is 118 Å². The summed E-state index contributed by atoms with van der Waals surface area (Å²) < 4.78 is 9.92. The first-order valence-corrected chi connectivity index (χ1v) is 5.16. The van der Waals surface area contributed by atoms with E-state index in [4.69, 9.17) is 14.2 Å². The molecular formula is C11H8N4O4. The third-order valence-corrected chi connectivity index (χ3v) is 2.22. The van der Waals surface area contributed by atoms with E-state index in [0.717, 1.165) is 0 Å². The average Bonchev–Trinajstić information content (AvgIpc) is 3.02. The second kappa shape index (κ2) is 5.05. The van der Waals surface area contributed by atoms with E-state index in [-0.39, 0.29) is 22.9 Å². The van der Waals surface area contributed by atoms with Crippen molar-refractivity contribution in [1.29, 1.82) is 5.26 Å². The van der Waals surface area contributed by atoms with Gasteiger partial charge in [0, 0.05) is 6.54 Å². The molecule has 96 valence electrons. The Morgan fingerprint density at radius 1 is 1.63 bits per heavy atom. The van der Waals surface area contributed by atoms with Crippen LogP contribution in [0.15, 0.2) is 33.7 Å². The predicted octanol–water partition coefficient (Wildman–Crippen LogP) is 2.31. The van der Waals surface area contributed by atoms with Crippen molar-refractivity contribution in [3.05, 3.63) is 40.5 Å². The van der Waals surface area contributed by atoms with Crippen molar-refractivity contribution in [3.8, 4) is 17.5 Å². The van der Waals surface area contributed by atoms with Crippen molar-refractivity contribution in [2.45, 2.75) is 0 Å². The monoisotopic (exact) mass is 260 g/mol.